The SMILES string of the molecule is Cc1cc(-c2c3ccc([Si]4(C)CCC4)cc3cc[n+]2C)c(C)c(C)c1C#N. The predicted molar refractivity (Wildman–Crippen MR) is 115 cm³/mol. The number of nitriles is 1. The van der Waals surface area contributed by atoms with Crippen LogP contribution in [0.25, 0.3) is 22.0 Å². The lowest BCUT2D eigenvalue weighted by Crippen LogP contribution is -2.50. The molecule has 1 aromatic heterocycles. The molecule has 1 aliphatic rings. The van der Waals surface area contributed by atoms with Crippen LogP contribution < -0.4 is 9.75 Å². The van der Waals surface area contributed by atoms with E-state index in [1.807, 2.05) is 6.92 Å². The molecule has 0 unspecified atom stereocenters. The Hall–Kier alpha value is -2.44. The molecule has 1 aliphatic heterocycles. The van der Waals surface area contributed by atoms with Crippen LogP contribution in [0.3, 0.4) is 0 Å². The summed E-state index contributed by atoms with van der Waals surface area (Å²) in [6.07, 6.45) is 3.58. The highest BCUT2D eigenvalue weighted by Crippen LogP contribution is 2.35. The molecule has 2 aromatic carbocycles. The first-order chi connectivity index (χ1) is 12.9. The fourth-order valence-electron chi connectivity index (χ4n) is 4.58. The third kappa shape index (κ3) is 2.71. The van der Waals surface area contributed by atoms with Gasteiger partial charge in [0, 0.05) is 6.07 Å². The van der Waals surface area contributed by atoms with Crippen molar-refractivity contribution in [2.24, 2.45) is 7.05 Å². The summed E-state index contributed by atoms with van der Waals surface area (Å²) in [4.78, 5) is 0. The summed E-state index contributed by atoms with van der Waals surface area (Å²) >= 11 is 0. The number of hydrogen-bond acceptors (Lipinski definition) is 1. The van der Waals surface area contributed by atoms with E-state index >= 15 is 0 Å². The lowest BCUT2D eigenvalue weighted by molar-refractivity contribution is -0.659. The van der Waals surface area contributed by atoms with Crippen LogP contribution in [0, 0.1) is 32.1 Å². The van der Waals surface area contributed by atoms with E-state index in [-0.39, 0.29) is 0 Å². The van der Waals surface area contributed by atoms with Crippen LogP contribution in [0.15, 0.2) is 36.5 Å². The van der Waals surface area contributed by atoms with Gasteiger partial charge in [0.25, 0.3) is 0 Å². The highest BCUT2D eigenvalue weighted by molar-refractivity contribution is 6.93. The summed E-state index contributed by atoms with van der Waals surface area (Å²) in [6.45, 7) is 8.77. The summed E-state index contributed by atoms with van der Waals surface area (Å²) in [5, 5.41) is 13.7. The summed E-state index contributed by atoms with van der Waals surface area (Å²) in [6, 6.07) is 16.8. The van der Waals surface area contributed by atoms with E-state index in [0.29, 0.717) is 0 Å². The van der Waals surface area contributed by atoms with Crippen LogP contribution in [0.4, 0.5) is 0 Å². The Morgan fingerprint density at radius 3 is 2.41 bits per heavy atom. The van der Waals surface area contributed by atoms with Gasteiger partial charge in [-0.15, -0.1) is 0 Å². The molecule has 0 radical (unpaired) electrons. The Balaban J connectivity index is 1.97. The summed E-state index contributed by atoms with van der Waals surface area (Å²) in [5.41, 5.74) is 6.63. The van der Waals surface area contributed by atoms with Gasteiger partial charge in [-0.05, 0) is 55.0 Å². The molecule has 4 rings (SSSR count). The smallest absolute Gasteiger partial charge is 0.200 e. The lowest BCUT2D eigenvalue weighted by Gasteiger charge is -2.36. The first kappa shape index (κ1) is 17.9. The van der Waals surface area contributed by atoms with Gasteiger partial charge in [-0.3, -0.25) is 0 Å². The topological polar surface area (TPSA) is 27.7 Å². The Labute approximate surface area is 163 Å². The maximum atomic E-state index is 9.50. The molecule has 0 amide bonds. The number of nitrogens with zero attached hydrogens (tertiary/aromatic N) is 2. The summed E-state index contributed by atoms with van der Waals surface area (Å²) in [7, 11) is 0.934. The van der Waals surface area contributed by atoms with Crippen molar-refractivity contribution in [3.63, 3.8) is 0 Å². The molecule has 27 heavy (non-hydrogen) atoms. The van der Waals surface area contributed by atoms with Crippen molar-refractivity contribution in [1.82, 2.24) is 0 Å². The summed E-state index contributed by atoms with van der Waals surface area (Å²) < 4.78 is 2.22. The third-order valence-corrected chi connectivity index (χ3v) is 11.4. The molecule has 1 saturated heterocycles. The van der Waals surface area contributed by atoms with Crippen molar-refractivity contribution in [3.8, 4) is 17.3 Å². The van der Waals surface area contributed by atoms with E-state index in [4.69, 9.17) is 0 Å². The molecule has 3 aromatic rings. The Morgan fingerprint density at radius 2 is 1.78 bits per heavy atom. The first-order valence-electron chi connectivity index (χ1n) is 9.80. The van der Waals surface area contributed by atoms with Gasteiger partial charge in [0.05, 0.1) is 30.7 Å². The van der Waals surface area contributed by atoms with Gasteiger partial charge >= 0.3 is 0 Å². The predicted octanol–water partition coefficient (Wildman–Crippen LogP) is 4.82. The van der Waals surface area contributed by atoms with Gasteiger partial charge in [0.15, 0.2) is 6.20 Å². The molecule has 0 aliphatic carbocycles. The highest BCUT2D eigenvalue weighted by atomic mass is 28.3. The number of rotatable bonds is 2. The van der Waals surface area contributed by atoms with Gasteiger partial charge in [0.2, 0.25) is 5.69 Å². The van der Waals surface area contributed by atoms with Crippen molar-refractivity contribution in [3.05, 3.63) is 58.8 Å². The molecule has 136 valence electrons. The average Bonchev–Trinajstić information content (AvgIpc) is 2.63. The molecule has 2 nitrogen and oxygen atoms in total. The molecule has 0 saturated carbocycles. The standard InChI is InChI=1S/C24H27N2Si/c1-16-13-22(17(2)18(3)23(16)15-25)24-21-8-7-20(27(5)11-6-12-27)14-19(21)9-10-26(24)4/h7-10,13-14H,6,11-12H2,1-5H3/q+1. The van der Waals surface area contributed by atoms with Gasteiger partial charge in [-0.25, -0.2) is 4.57 Å². The molecular formula is C24H27N2Si+. The number of aromatic nitrogens is 1. The quantitative estimate of drug-likeness (QED) is 0.469. The maximum absolute atomic E-state index is 9.50. The Bertz CT molecular complexity index is 1120. The molecule has 0 atom stereocenters. The Morgan fingerprint density at radius 1 is 1.04 bits per heavy atom. The van der Waals surface area contributed by atoms with Crippen LogP contribution in [0.2, 0.25) is 18.6 Å². The molecule has 0 bridgehead atoms. The second-order valence-corrected chi connectivity index (χ2v) is 13.2. The number of benzene rings is 2. The first-order valence-corrected chi connectivity index (χ1v) is 12.7. The molecule has 0 spiro atoms. The monoisotopic (exact) mass is 371 g/mol. The largest absolute Gasteiger partial charge is 0.220 e. The van der Waals surface area contributed by atoms with Crippen molar-refractivity contribution in [2.45, 2.75) is 45.8 Å². The van der Waals surface area contributed by atoms with Crippen molar-refractivity contribution >= 4 is 24.0 Å². The highest BCUT2D eigenvalue weighted by Gasteiger charge is 2.36. The maximum Gasteiger partial charge on any atom is 0.220 e. The van der Waals surface area contributed by atoms with E-state index < -0.39 is 8.07 Å². The number of pyridine rings is 1. The van der Waals surface area contributed by atoms with Crippen molar-refractivity contribution in [2.75, 3.05) is 0 Å². The van der Waals surface area contributed by atoms with Crippen molar-refractivity contribution < 1.29 is 4.57 Å². The van der Waals surface area contributed by atoms with Gasteiger partial charge in [-0.1, -0.05) is 42.4 Å². The van der Waals surface area contributed by atoms with E-state index in [2.05, 4.69) is 74.6 Å². The second-order valence-electron chi connectivity index (χ2n) is 8.47. The third-order valence-electron chi connectivity index (χ3n) is 6.75. The zero-order valence-corrected chi connectivity index (χ0v) is 18.0. The zero-order valence-electron chi connectivity index (χ0n) is 17.0. The summed E-state index contributed by atoms with van der Waals surface area (Å²) in [5.74, 6) is 0. The molecule has 1 fully saturated rings. The van der Waals surface area contributed by atoms with E-state index in [1.54, 1.807) is 5.19 Å². The van der Waals surface area contributed by atoms with Crippen LogP contribution in [0.1, 0.15) is 28.7 Å². The second kappa shape index (κ2) is 6.32. The zero-order chi connectivity index (χ0) is 19.3. The number of aryl methyl sites for hydroxylation is 2. The van der Waals surface area contributed by atoms with Gasteiger partial charge in [-0.2, -0.15) is 5.26 Å². The fraction of sp³-hybridized carbons (Fsp3) is 0.333. The normalized spacial score (nSPS) is 15.4. The van der Waals surface area contributed by atoms with Crippen LogP contribution >= 0.6 is 0 Å². The van der Waals surface area contributed by atoms with E-state index in [1.165, 1.54) is 46.1 Å². The molecule has 2 heterocycles. The van der Waals surface area contributed by atoms with E-state index in [0.717, 1.165) is 16.7 Å². The number of fused-ring (bicyclic) bond motifs is 1. The minimum atomic E-state index is -1.18. The molecular weight excluding hydrogens is 344 g/mol. The minimum absolute atomic E-state index is 0.810. The van der Waals surface area contributed by atoms with Crippen LogP contribution in [-0.4, -0.2) is 8.07 Å². The minimum Gasteiger partial charge on any atom is -0.200 e. The molecule has 0 N–H and O–H groups in total. The number of hydrogen-bond donors (Lipinski definition) is 0. The van der Waals surface area contributed by atoms with Gasteiger partial charge in [0.1, 0.15) is 7.05 Å². The van der Waals surface area contributed by atoms with E-state index in [9.17, 15) is 5.26 Å². The lowest BCUT2D eigenvalue weighted by atomic mass is 9.91. The van der Waals surface area contributed by atoms with Gasteiger partial charge < -0.3 is 0 Å². The van der Waals surface area contributed by atoms with Crippen LogP contribution in [-0.2, 0) is 7.05 Å². The van der Waals surface area contributed by atoms with Crippen LogP contribution in [0.5, 0.6) is 0 Å². The molecule has 3 heteroatoms. The average molecular weight is 372 g/mol. The fourth-order valence-corrected chi connectivity index (χ4v) is 7.56. The van der Waals surface area contributed by atoms with Crippen molar-refractivity contribution in [1.29, 1.82) is 5.26 Å². The Kier molecular flexibility index (Phi) is 4.20.